The van der Waals surface area contributed by atoms with Gasteiger partial charge in [0.15, 0.2) is 5.82 Å². The maximum Gasteiger partial charge on any atom is 0.329 e. The average Bonchev–Trinajstić information content (AvgIpc) is 3.51. The Morgan fingerprint density at radius 1 is 1.06 bits per heavy atom. The molecule has 1 aliphatic rings. The van der Waals surface area contributed by atoms with Gasteiger partial charge in [-0.05, 0) is 54.7 Å². The predicted molar refractivity (Wildman–Crippen MR) is 136 cm³/mol. The first-order valence-electron chi connectivity index (χ1n) is 12.8. The number of pyridine rings is 1. The van der Waals surface area contributed by atoms with Crippen LogP contribution in [0.15, 0.2) is 47.4 Å². The van der Waals surface area contributed by atoms with Gasteiger partial charge in [0.2, 0.25) is 0 Å². The monoisotopic (exact) mass is 471 g/mol. The van der Waals surface area contributed by atoms with Crippen LogP contribution < -0.4 is 5.69 Å². The van der Waals surface area contributed by atoms with Crippen molar-refractivity contribution in [2.75, 3.05) is 0 Å². The summed E-state index contributed by atoms with van der Waals surface area (Å²) in [5.41, 5.74) is 6.21. The lowest BCUT2D eigenvalue weighted by Crippen LogP contribution is -2.30. The van der Waals surface area contributed by atoms with Crippen LogP contribution in [-0.4, -0.2) is 34.7 Å². The molecule has 35 heavy (non-hydrogen) atoms. The van der Waals surface area contributed by atoms with E-state index >= 15 is 0 Å². The highest BCUT2D eigenvalue weighted by Gasteiger charge is 2.24. The summed E-state index contributed by atoms with van der Waals surface area (Å²) in [6.07, 6.45) is 10.9. The summed E-state index contributed by atoms with van der Waals surface area (Å²) in [6, 6.07) is 12.4. The van der Waals surface area contributed by atoms with Crippen molar-refractivity contribution in [2.24, 2.45) is 0 Å². The molecule has 1 fully saturated rings. The first-order valence-corrected chi connectivity index (χ1v) is 12.8. The summed E-state index contributed by atoms with van der Waals surface area (Å²) in [6.45, 7) is 4.82. The Hall–Kier alpha value is -3.55. The van der Waals surface area contributed by atoms with Crippen LogP contribution >= 0.6 is 0 Å². The summed E-state index contributed by atoms with van der Waals surface area (Å²) >= 11 is 0. The van der Waals surface area contributed by atoms with E-state index in [1.165, 1.54) is 19.3 Å². The van der Waals surface area contributed by atoms with Gasteiger partial charge in [-0.25, -0.2) is 9.89 Å². The molecule has 1 N–H and O–H groups in total. The van der Waals surface area contributed by atoms with E-state index in [1.807, 2.05) is 41.1 Å². The third-order valence-electron chi connectivity index (χ3n) is 7.23. The lowest BCUT2D eigenvalue weighted by molar-refractivity contribution is 0.340. The van der Waals surface area contributed by atoms with E-state index in [-0.39, 0.29) is 5.69 Å². The molecule has 182 valence electrons. The van der Waals surface area contributed by atoms with Crippen molar-refractivity contribution in [3.8, 4) is 22.5 Å². The van der Waals surface area contributed by atoms with Gasteiger partial charge < -0.3 is 0 Å². The van der Waals surface area contributed by atoms with Crippen molar-refractivity contribution >= 4 is 0 Å². The second-order valence-electron chi connectivity index (χ2n) is 9.50. The number of aromatic amines is 1. The van der Waals surface area contributed by atoms with Gasteiger partial charge in [0.05, 0.1) is 12.2 Å². The molecule has 3 heterocycles. The number of aromatic nitrogens is 7. The van der Waals surface area contributed by atoms with Crippen molar-refractivity contribution in [3.63, 3.8) is 0 Å². The highest BCUT2D eigenvalue weighted by atomic mass is 16.1. The Labute approximate surface area is 205 Å². The molecule has 8 nitrogen and oxygen atoms in total. The number of unbranched alkanes of at least 4 members (excludes halogenated alkanes) is 1. The number of hydrogen-bond donors (Lipinski definition) is 1. The zero-order valence-corrected chi connectivity index (χ0v) is 20.6. The minimum Gasteiger partial charge on any atom is -0.293 e. The van der Waals surface area contributed by atoms with Crippen LogP contribution in [0.3, 0.4) is 0 Å². The maximum absolute atomic E-state index is 13.6. The quantitative estimate of drug-likeness (QED) is 0.386. The Bertz CT molecular complexity index is 1310. The molecule has 1 aliphatic carbocycles. The number of nitrogens with zero attached hydrogens (tertiary/aromatic N) is 6. The standard InChI is InChI=1S/C27H33N7O/c1-3-4-14-25-19(2)34(22-10-6-5-7-11-22)27(35)33(25)18-21-16-15-20(17-28-21)23-12-8-9-13-24(23)26-29-31-32-30-26/h8-9,12-13,15-17,22H,3-7,10-11,14,18H2,1-2H3,(H,29,30,31,32). The van der Waals surface area contributed by atoms with Crippen molar-refractivity contribution in [3.05, 3.63) is 70.2 Å². The molecular formula is C27H33N7O. The Morgan fingerprint density at radius 3 is 2.54 bits per heavy atom. The topological polar surface area (TPSA) is 94.3 Å². The fourth-order valence-electron chi connectivity index (χ4n) is 5.37. The summed E-state index contributed by atoms with van der Waals surface area (Å²) < 4.78 is 4.05. The van der Waals surface area contributed by atoms with Crippen LogP contribution in [0, 0.1) is 6.92 Å². The molecule has 5 rings (SSSR count). The third kappa shape index (κ3) is 4.70. The van der Waals surface area contributed by atoms with Crippen LogP contribution in [0.2, 0.25) is 0 Å². The number of hydrogen-bond acceptors (Lipinski definition) is 5. The van der Waals surface area contributed by atoms with Gasteiger partial charge in [-0.2, -0.15) is 0 Å². The van der Waals surface area contributed by atoms with Crippen LogP contribution in [0.25, 0.3) is 22.5 Å². The maximum atomic E-state index is 13.6. The van der Waals surface area contributed by atoms with E-state index in [1.54, 1.807) is 0 Å². The Morgan fingerprint density at radius 2 is 1.86 bits per heavy atom. The molecule has 0 amide bonds. The second kappa shape index (κ2) is 10.4. The first kappa shape index (κ1) is 23.2. The minimum absolute atomic E-state index is 0.120. The minimum atomic E-state index is 0.120. The van der Waals surface area contributed by atoms with Gasteiger partial charge in [-0.3, -0.25) is 14.1 Å². The van der Waals surface area contributed by atoms with E-state index in [0.29, 0.717) is 18.4 Å². The zero-order valence-electron chi connectivity index (χ0n) is 20.6. The third-order valence-corrected chi connectivity index (χ3v) is 7.23. The van der Waals surface area contributed by atoms with Gasteiger partial charge in [0.25, 0.3) is 0 Å². The molecule has 0 aliphatic heterocycles. The largest absolute Gasteiger partial charge is 0.329 e. The average molecular weight is 472 g/mol. The van der Waals surface area contributed by atoms with Crippen LogP contribution in [-0.2, 0) is 13.0 Å². The van der Waals surface area contributed by atoms with E-state index in [0.717, 1.165) is 65.9 Å². The fourth-order valence-corrected chi connectivity index (χ4v) is 5.37. The predicted octanol–water partition coefficient (Wildman–Crippen LogP) is 5.10. The number of imidazole rings is 1. The molecule has 0 unspecified atom stereocenters. The van der Waals surface area contributed by atoms with Crippen molar-refractivity contribution in [2.45, 2.75) is 77.8 Å². The lowest BCUT2D eigenvalue weighted by Gasteiger charge is -2.23. The highest BCUT2D eigenvalue weighted by Crippen LogP contribution is 2.31. The van der Waals surface area contributed by atoms with Gasteiger partial charge in [0.1, 0.15) is 0 Å². The summed E-state index contributed by atoms with van der Waals surface area (Å²) in [5.74, 6) is 0.622. The zero-order chi connectivity index (χ0) is 24.2. The van der Waals surface area contributed by atoms with Crippen molar-refractivity contribution in [1.82, 2.24) is 34.7 Å². The summed E-state index contributed by atoms with van der Waals surface area (Å²) in [7, 11) is 0. The van der Waals surface area contributed by atoms with Gasteiger partial charge in [-0.15, -0.1) is 5.10 Å². The number of rotatable bonds is 8. The molecule has 0 atom stereocenters. The molecule has 8 heteroatoms. The lowest BCUT2D eigenvalue weighted by atomic mass is 9.95. The molecule has 0 spiro atoms. The van der Waals surface area contributed by atoms with E-state index in [4.69, 9.17) is 4.98 Å². The SMILES string of the molecule is CCCCc1c(C)n(C2CCCCC2)c(=O)n1Cc1ccc(-c2ccccc2-c2nnn[nH]2)cn1. The molecule has 1 saturated carbocycles. The Kier molecular flexibility index (Phi) is 6.88. The highest BCUT2D eigenvalue weighted by molar-refractivity contribution is 5.79. The van der Waals surface area contributed by atoms with Gasteiger partial charge >= 0.3 is 5.69 Å². The molecule has 0 saturated heterocycles. The van der Waals surface area contributed by atoms with Gasteiger partial charge in [-0.1, -0.05) is 62.9 Å². The second-order valence-corrected chi connectivity index (χ2v) is 9.50. The van der Waals surface area contributed by atoms with E-state index < -0.39 is 0 Å². The molecule has 4 aromatic rings. The van der Waals surface area contributed by atoms with Crippen molar-refractivity contribution in [1.29, 1.82) is 0 Å². The molecular weight excluding hydrogens is 438 g/mol. The summed E-state index contributed by atoms with van der Waals surface area (Å²) in [4.78, 5) is 18.4. The number of H-pyrrole nitrogens is 1. The van der Waals surface area contributed by atoms with Crippen molar-refractivity contribution < 1.29 is 0 Å². The number of tetrazole rings is 1. The Balaban J connectivity index is 1.45. The fraction of sp³-hybridized carbons (Fsp3) is 0.444. The smallest absolute Gasteiger partial charge is 0.293 e. The molecule has 0 radical (unpaired) electrons. The van der Waals surface area contributed by atoms with Crippen LogP contribution in [0.5, 0.6) is 0 Å². The molecule has 3 aromatic heterocycles. The number of benzene rings is 1. The van der Waals surface area contributed by atoms with Crippen LogP contribution in [0.4, 0.5) is 0 Å². The normalized spacial score (nSPS) is 14.5. The first-order chi connectivity index (χ1) is 17.2. The molecule has 1 aromatic carbocycles. The molecule has 0 bridgehead atoms. The summed E-state index contributed by atoms with van der Waals surface area (Å²) in [5, 5.41) is 14.3. The van der Waals surface area contributed by atoms with Crippen LogP contribution in [0.1, 0.15) is 75.0 Å². The van der Waals surface area contributed by atoms with E-state index in [2.05, 4.69) is 45.1 Å². The van der Waals surface area contributed by atoms with E-state index in [9.17, 15) is 4.79 Å². The number of nitrogens with one attached hydrogen (secondary N) is 1. The van der Waals surface area contributed by atoms with Gasteiger partial charge in [0, 0.05) is 34.8 Å².